The lowest BCUT2D eigenvalue weighted by Gasteiger charge is -2.38. The molecule has 1 unspecified atom stereocenters. The molecule has 2 aliphatic rings. The second kappa shape index (κ2) is 3.32. The molecule has 0 amide bonds. The van der Waals surface area contributed by atoms with E-state index in [1.165, 1.54) is 19.3 Å². The molecular weight excluding hydrogens is 154 g/mol. The van der Waals surface area contributed by atoms with Gasteiger partial charge in [0.1, 0.15) is 0 Å². The molecule has 0 radical (unpaired) electrons. The lowest BCUT2D eigenvalue weighted by Crippen LogP contribution is -2.52. The second-order valence-electron chi connectivity index (χ2n) is 3.60. The Kier molecular flexibility index (Phi) is 2.35. The average Bonchev–Trinajstić information content (AvgIpc) is 2.55. The summed E-state index contributed by atoms with van der Waals surface area (Å²) in [4.78, 5) is 0. The van der Waals surface area contributed by atoms with Crippen LogP contribution in [-0.4, -0.2) is 32.1 Å². The Hall–Kier alpha value is -0.120. The van der Waals surface area contributed by atoms with E-state index in [1.54, 1.807) is 0 Å². The fraction of sp³-hybridized carbons (Fsp3) is 1.00. The first-order valence-corrected chi connectivity index (χ1v) is 4.82. The highest BCUT2D eigenvalue weighted by molar-refractivity contribution is 4.90. The number of hydrogen-bond donors (Lipinski definition) is 1. The smallest absolute Gasteiger partial charge is 0.183 e. The molecule has 12 heavy (non-hydrogen) atoms. The lowest BCUT2D eigenvalue weighted by molar-refractivity contribution is -0.194. The summed E-state index contributed by atoms with van der Waals surface area (Å²) >= 11 is 0. The molecular formula is C9H17NO2. The summed E-state index contributed by atoms with van der Waals surface area (Å²) in [5, 5.41) is 3.29. The van der Waals surface area contributed by atoms with Crippen LogP contribution in [0.5, 0.6) is 0 Å². The standard InChI is InChI=1S/C9H17NO2/c1-10-8-4-2-3-5-9(8)11-6-7-12-9/h8,10H,2-7H2,1H3. The summed E-state index contributed by atoms with van der Waals surface area (Å²) in [5.41, 5.74) is 0. The van der Waals surface area contributed by atoms with Gasteiger partial charge >= 0.3 is 0 Å². The van der Waals surface area contributed by atoms with Gasteiger partial charge in [-0.2, -0.15) is 0 Å². The normalized spacial score (nSPS) is 34.2. The zero-order valence-corrected chi connectivity index (χ0v) is 7.64. The molecule has 1 heterocycles. The molecule has 1 atom stereocenters. The minimum atomic E-state index is -0.271. The molecule has 1 N–H and O–H groups in total. The van der Waals surface area contributed by atoms with Gasteiger partial charge < -0.3 is 14.8 Å². The maximum atomic E-state index is 5.70. The highest BCUT2D eigenvalue weighted by Crippen LogP contribution is 2.35. The van der Waals surface area contributed by atoms with Crippen molar-refractivity contribution in [3.63, 3.8) is 0 Å². The third-order valence-electron chi connectivity index (χ3n) is 2.92. The monoisotopic (exact) mass is 171 g/mol. The Morgan fingerprint density at radius 3 is 2.67 bits per heavy atom. The van der Waals surface area contributed by atoms with E-state index in [9.17, 15) is 0 Å². The molecule has 1 aliphatic heterocycles. The van der Waals surface area contributed by atoms with Gasteiger partial charge in [0, 0.05) is 6.42 Å². The number of hydrogen-bond acceptors (Lipinski definition) is 3. The molecule has 3 nitrogen and oxygen atoms in total. The van der Waals surface area contributed by atoms with Crippen molar-refractivity contribution in [2.24, 2.45) is 0 Å². The third kappa shape index (κ3) is 1.26. The van der Waals surface area contributed by atoms with E-state index in [-0.39, 0.29) is 5.79 Å². The van der Waals surface area contributed by atoms with Crippen molar-refractivity contribution in [2.45, 2.75) is 37.5 Å². The molecule has 0 bridgehead atoms. The van der Waals surface area contributed by atoms with Crippen LogP contribution in [0.4, 0.5) is 0 Å². The molecule has 1 saturated carbocycles. The summed E-state index contributed by atoms with van der Waals surface area (Å²) in [6.45, 7) is 1.52. The predicted octanol–water partition coefficient (Wildman–Crippen LogP) is 0.891. The molecule has 2 fully saturated rings. The van der Waals surface area contributed by atoms with Gasteiger partial charge in [0.25, 0.3) is 0 Å². The second-order valence-corrected chi connectivity index (χ2v) is 3.60. The Labute approximate surface area is 73.4 Å². The Balaban J connectivity index is 2.07. The van der Waals surface area contributed by atoms with Gasteiger partial charge in [0.2, 0.25) is 0 Å². The van der Waals surface area contributed by atoms with E-state index in [2.05, 4.69) is 5.32 Å². The van der Waals surface area contributed by atoms with Gasteiger partial charge in [-0.3, -0.25) is 0 Å². The quantitative estimate of drug-likeness (QED) is 0.635. The Morgan fingerprint density at radius 2 is 2.00 bits per heavy atom. The van der Waals surface area contributed by atoms with Crippen LogP contribution in [0.15, 0.2) is 0 Å². The van der Waals surface area contributed by atoms with Crippen molar-refractivity contribution >= 4 is 0 Å². The maximum absolute atomic E-state index is 5.70. The molecule has 1 aliphatic carbocycles. The highest BCUT2D eigenvalue weighted by Gasteiger charge is 2.44. The predicted molar refractivity (Wildman–Crippen MR) is 46.0 cm³/mol. The molecule has 0 aromatic carbocycles. The molecule has 0 aromatic heterocycles. The number of ether oxygens (including phenoxy) is 2. The third-order valence-corrected chi connectivity index (χ3v) is 2.92. The van der Waals surface area contributed by atoms with E-state index < -0.39 is 0 Å². The van der Waals surface area contributed by atoms with E-state index in [0.29, 0.717) is 6.04 Å². The van der Waals surface area contributed by atoms with Crippen LogP contribution in [0.1, 0.15) is 25.7 Å². The zero-order chi connectivity index (χ0) is 8.44. The van der Waals surface area contributed by atoms with E-state index in [1.807, 2.05) is 7.05 Å². The van der Waals surface area contributed by atoms with Gasteiger partial charge in [-0.15, -0.1) is 0 Å². The molecule has 1 saturated heterocycles. The average molecular weight is 171 g/mol. The highest BCUT2D eigenvalue weighted by atomic mass is 16.7. The zero-order valence-electron chi connectivity index (χ0n) is 7.64. The molecule has 0 aromatic rings. The van der Waals surface area contributed by atoms with Crippen LogP contribution in [-0.2, 0) is 9.47 Å². The maximum Gasteiger partial charge on any atom is 0.183 e. The van der Waals surface area contributed by atoms with Crippen LogP contribution in [0.25, 0.3) is 0 Å². The summed E-state index contributed by atoms with van der Waals surface area (Å²) in [5.74, 6) is -0.271. The van der Waals surface area contributed by atoms with Crippen molar-refractivity contribution in [1.29, 1.82) is 0 Å². The van der Waals surface area contributed by atoms with E-state index >= 15 is 0 Å². The van der Waals surface area contributed by atoms with Crippen LogP contribution in [0.3, 0.4) is 0 Å². The topological polar surface area (TPSA) is 30.5 Å². The van der Waals surface area contributed by atoms with Gasteiger partial charge in [-0.05, 0) is 19.9 Å². The summed E-state index contributed by atoms with van der Waals surface area (Å²) in [6, 6.07) is 0.397. The van der Waals surface area contributed by atoms with Crippen LogP contribution in [0.2, 0.25) is 0 Å². The van der Waals surface area contributed by atoms with Gasteiger partial charge in [0.05, 0.1) is 19.3 Å². The van der Waals surface area contributed by atoms with Gasteiger partial charge in [0.15, 0.2) is 5.79 Å². The van der Waals surface area contributed by atoms with Gasteiger partial charge in [-0.1, -0.05) is 6.42 Å². The number of nitrogens with one attached hydrogen (secondary N) is 1. The van der Waals surface area contributed by atoms with Crippen molar-refractivity contribution in [3.8, 4) is 0 Å². The minimum Gasteiger partial charge on any atom is -0.346 e. The van der Waals surface area contributed by atoms with Crippen molar-refractivity contribution in [1.82, 2.24) is 5.32 Å². The number of rotatable bonds is 1. The van der Waals surface area contributed by atoms with Crippen molar-refractivity contribution in [2.75, 3.05) is 20.3 Å². The van der Waals surface area contributed by atoms with Crippen LogP contribution < -0.4 is 5.32 Å². The summed E-state index contributed by atoms with van der Waals surface area (Å²) in [7, 11) is 1.99. The molecule has 1 spiro atoms. The van der Waals surface area contributed by atoms with Crippen molar-refractivity contribution in [3.05, 3.63) is 0 Å². The fourth-order valence-corrected chi connectivity index (χ4v) is 2.29. The lowest BCUT2D eigenvalue weighted by atomic mass is 9.89. The van der Waals surface area contributed by atoms with Crippen LogP contribution >= 0.6 is 0 Å². The van der Waals surface area contributed by atoms with Crippen molar-refractivity contribution < 1.29 is 9.47 Å². The van der Waals surface area contributed by atoms with E-state index in [0.717, 1.165) is 19.6 Å². The first-order chi connectivity index (χ1) is 5.87. The summed E-state index contributed by atoms with van der Waals surface area (Å²) in [6.07, 6.45) is 4.76. The minimum absolute atomic E-state index is 0.271. The number of likely N-dealkylation sites (N-methyl/N-ethyl adjacent to an activating group) is 1. The van der Waals surface area contributed by atoms with E-state index in [4.69, 9.17) is 9.47 Å². The molecule has 2 rings (SSSR count). The largest absolute Gasteiger partial charge is 0.346 e. The molecule has 70 valence electrons. The van der Waals surface area contributed by atoms with Gasteiger partial charge in [-0.25, -0.2) is 0 Å². The molecule has 3 heteroatoms. The first-order valence-electron chi connectivity index (χ1n) is 4.82. The first kappa shape index (κ1) is 8.48. The Bertz CT molecular complexity index is 155. The Morgan fingerprint density at radius 1 is 1.25 bits per heavy atom. The SMILES string of the molecule is CNC1CCCCC12OCCO2. The fourth-order valence-electron chi connectivity index (χ4n) is 2.29. The van der Waals surface area contributed by atoms with Crippen LogP contribution in [0, 0.1) is 0 Å². The summed E-state index contributed by atoms with van der Waals surface area (Å²) < 4.78 is 11.4.